The smallest absolute Gasteiger partial charge is 0.240 e. The third-order valence-corrected chi connectivity index (χ3v) is 7.29. The molecule has 1 amide bonds. The van der Waals surface area contributed by atoms with E-state index in [9.17, 15) is 21.6 Å². The number of sulfonamides is 1. The molecule has 2 heterocycles. The van der Waals surface area contributed by atoms with Crippen LogP contribution in [0.1, 0.15) is 24.8 Å². The first kappa shape index (κ1) is 15.4. The van der Waals surface area contributed by atoms with Gasteiger partial charge >= 0.3 is 0 Å². The minimum absolute atomic E-state index is 0.000168. The molecule has 2 aliphatic rings. The molecule has 2 aliphatic heterocycles. The summed E-state index contributed by atoms with van der Waals surface area (Å²) in [4.78, 5) is 11.6. The van der Waals surface area contributed by atoms with Crippen molar-refractivity contribution in [3.8, 4) is 0 Å². The second-order valence-corrected chi connectivity index (χ2v) is 9.62. The van der Waals surface area contributed by atoms with Gasteiger partial charge in [0.2, 0.25) is 15.9 Å². The van der Waals surface area contributed by atoms with Crippen LogP contribution in [0.4, 0.5) is 5.69 Å². The summed E-state index contributed by atoms with van der Waals surface area (Å²) in [6.45, 7) is 1.70. The zero-order valence-electron chi connectivity index (χ0n) is 11.9. The molecule has 7 nitrogen and oxygen atoms in total. The summed E-state index contributed by atoms with van der Waals surface area (Å²) in [5.41, 5.74) is 1.24. The molecule has 1 saturated heterocycles. The van der Waals surface area contributed by atoms with Crippen LogP contribution < -0.4 is 10.0 Å². The van der Waals surface area contributed by atoms with Gasteiger partial charge in [0, 0.05) is 11.7 Å². The van der Waals surface area contributed by atoms with E-state index in [1.165, 1.54) is 12.1 Å². The summed E-state index contributed by atoms with van der Waals surface area (Å²) >= 11 is 0. The standard InChI is InChI=1S/C13H16N2O5S2/c1-8-11-6-10(2-3-12(11)14-13(8)16)22(19,20)15-9-4-5-21(17,18)7-9/h2-3,6,8-9,15H,4-5,7H2,1H3,(H,14,16)/t8-,9-/m1/s1. The number of nitrogens with one attached hydrogen (secondary N) is 2. The SMILES string of the molecule is C[C@H]1C(=O)Nc2ccc(S(=O)(=O)N[C@@H]3CCS(=O)(=O)C3)cc21. The zero-order chi connectivity index (χ0) is 16.1. The molecule has 2 atom stereocenters. The highest BCUT2D eigenvalue weighted by Crippen LogP contribution is 2.33. The number of carbonyl (C=O) groups is 1. The highest BCUT2D eigenvalue weighted by molar-refractivity contribution is 7.92. The number of amides is 1. The summed E-state index contributed by atoms with van der Waals surface area (Å²) in [7, 11) is -6.97. The van der Waals surface area contributed by atoms with Crippen molar-refractivity contribution in [3.05, 3.63) is 23.8 Å². The van der Waals surface area contributed by atoms with Crippen molar-refractivity contribution in [1.29, 1.82) is 0 Å². The number of benzene rings is 1. The molecular weight excluding hydrogens is 328 g/mol. The molecule has 0 radical (unpaired) electrons. The average Bonchev–Trinajstić information content (AvgIpc) is 2.89. The van der Waals surface area contributed by atoms with E-state index in [1.807, 2.05) is 0 Å². The molecule has 0 bridgehead atoms. The molecule has 0 unspecified atom stereocenters. The van der Waals surface area contributed by atoms with Crippen molar-refractivity contribution in [2.75, 3.05) is 16.8 Å². The number of fused-ring (bicyclic) bond motifs is 1. The minimum Gasteiger partial charge on any atom is -0.325 e. The first-order valence-corrected chi connectivity index (χ1v) is 10.2. The topological polar surface area (TPSA) is 109 Å². The average molecular weight is 344 g/mol. The molecule has 0 saturated carbocycles. The summed E-state index contributed by atoms with van der Waals surface area (Å²) in [5, 5.41) is 2.68. The van der Waals surface area contributed by atoms with Gasteiger partial charge in [0.1, 0.15) is 0 Å². The monoisotopic (exact) mass is 344 g/mol. The lowest BCUT2D eigenvalue weighted by atomic mass is 10.0. The third kappa shape index (κ3) is 2.75. The fourth-order valence-electron chi connectivity index (χ4n) is 2.74. The maximum Gasteiger partial charge on any atom is 0.240 e. The summed E-state index contributed by atoms with van der Waals surface area (Å²) in [5.74, 6) is -0.746. The Bertz CT molecular complexity index is 845. The third-order valence-electron chi connectivity index (χ3n) is 4.01. The maximum absolute atomic E-state index is 12.4. The predicted molar refractivity (Wildman–Crippen MR) is 80.9 cm³/mol. The van der Waals surface area contributed by atoms with E-state index >= 15 is 0 Å². The van der Waals surface area contributed by atoms with Crippen LogP contribution in [0.25, 0.3) is 0 Å². The van der Waals surface area contributed by atoms with Gasteiger partial charge < -0.3 is 5.32 Å². The molecule has 3 rings (SSSR count). The van der Waals surface area contributed by atoms with Gasteiger partial charge in [0.25, 0.3) is 0 Å². The quantitative estimate of drug-likeness (QED) is 0.814. The zero-order valence-corrected chi connectivity index (χ0v) is 13.5. The van der Waals surface area contributed by atoms with Crippen LogP contribution >= 0.6 is 0 Å². The highest BCUT2D eigenvalue weighted by Gasteiger charge is 2.33. The van der Waals surface area contributed by atoms with Crippen LogP contribution in [0.3, 0.4) is 0 Å². The second kappa shape index (κ2) is 5.04. The van der Waals surface area contributed by atoms with E-state index < -0.39 is 31.8 Å². The molecule has 1 aromatic rings. The Balaban J connectivity index is 1.86. The van der Waals surface area contributed by atoms with Gasteiger partial charge in [-0.1, -0.05) is 0 Å². The minimum atomic E-state index is -3.81. The first-order valence-electron chi connectivity index (χ1n) is 6.85. The largest absolute Gasteiger partial charge is 0.325 e. The lowest BCUT2D eigenvalue weighted by Crippen LogP contribution is -2.35. The van der Waals surface area contributed by atoms with Gasteiger partial charge in [-0.15, -0.1) is 0 Å². The fourth-order valence-corrected chi connectivity index (χ4v) is 5.82. The molecule has 120 valence electrons. The molecule has 0 spiro atoms. The molecule has 0 aliphatic carbocycles. The van der Waals surface area contributed by atoms with Crippen LogP contribution in [0.2, 0.25) is 0 Å². The molecule has 1 aromatic carbocycles. The Hall–Kier alpha value is -1.45. The van der Waals surface area contributed by atoms with E-state index in [0.29, 0.717) is 11.3 Å². The van der Waals surface area contributed by atoms with Gasteiger partial charge in [-0.25, -0.2) is 21.6 Å². The van der Waals surface area contributed by atoms with Crippen molar-refractivity contribution >= 4 is 31.5 Å². The van der Waals surface area contributed by atoms with E-state index in [0.717, 1.165) is 0 Å². The van der Waals surface area contributed by atoms with Crippen LogP contribution in [0.15, 0.2) is 23.1 Å². The van der Waals surface area contributed by atoms with Crippen molar-refractivity contribution in [3.63, 3.8) is 0 Å². The van der Waals surface area contributed by atoms with Gasteiger partial charge in [-0.05, 0) is 37.1 Å². The Morgan fingerprint density at radius 2 is 2.05 bits per heavy atom. The molecule has 2 N–H and O–H groups in total. The number of hydrogen-bond acceptors (Lipinski definition) is 5. The number of rotatable bonds is 3. The van der Waals surface area contributed by atoms with Crippen molar-refractivity contribution in [1.82, 2.24) is 4.72 Å². The molecule has 0 aromatic heterocycles. The van der Waals surface area contributed by atoms with Crippen LogP contribution in [0.5, 0.6) is 0 Å². The number of sulfone groups is 1. The Labute approximate surface area is 129 Å². The van der Waals surface area contributed by atoms with Gasteiger partial charge in [-0.2, -0.15) is 0 Å². The summed E-state index contributed by atoms with van der Waals surface area (Å²) in [6, 6.07) is 3.82. The highest BCUT2D eigenvalue weighted by atomic mass is 32.2. The Morgan fingerprint density at radius 3 is 2.68 bits per heavy atom. The number of carbonyl (C=O) groups excluding carboxylic acids is 1. The molecule has 22 heavy (non-hydrogen) atoms. The van der Waals surface area contributed by atoms with E-state index in [2.05, 4.69) is 10.0 Å². The first-order chi connectivity index (χ1) is 10.2. The number of anilines is 1. The predicted octanol–water partition coefficient (Wildman–Crippen LogP) is 0.208. The van der Waals surface area contributed by atoms with Gasteiger partial charge in [0.05, 0.1) is 22.3 Å². The van der Waals surface area contributed by atoms with Crippen LogP contribution in [-0.2, 0) is 24.7 Å². The summed E-state index contributed by atoms with van der Waals surface area (Å²) in [6.07, 6.45) is 0.281. The Morgan fingerprint density at radius 1 is 1.32 bits per heavy atom. The Kier molecular flexibility index (Phi) is 3.54. The molecular formula is C13H16N2O5S2. The van der Waals surface area contributed by atoms with E-state index in [-0.39, 0.29) is 28.7 Å². The van der Waals surface area contributed by atoms with E-state index in [4.69, 9.17) is 0 Å². The van der Waals surface area contributed by atoms with Gasteiger partial charge in [-0.3, -0.25) is 4.79 Å². The number of hydrogen-bond donors (Lipinski definition) is 2. The van der Waals surface area contributed by atoms with E-state index in [1.54, 1.807) is 13.0 Å². The second-order valence-electron chi connectivity index (χ2n) is 5.68. The lowest BCUT2D eigenvalue weighted by molar-refractivity contribution is -0.116. The molecule has 9 heteroatoms. The van der Waals surface area contributed by atoms with Crippen LogP contribution in [-0.4, -0.2) is 40.3 Å². The van der Waals surface area contributed by atoms with Gasteiger partial charge in [0.15, 0.2) is 9.84 Å². The van der Waals surface area contributed by atoms with Crippen molar-refractivity contribution < 1.29 is 21.6 Å². The molecule has 1 fully saturated rings. The fraction of sp³-hybridized carbons (Fsp3) is 0.462. The lowest BCUT2D eigenvalue weighted by Gasteiger charge is -2.12. The maximum atomic E-state index is 12.4. The summed E-state index contributed by atoms with van der Waals surface area (Å²) < 4.78 is 50.0. The normalized spacial score (nSPS) is 26.7. The van der Waals surface area contributed by atoms with Crippen molar-refractivity contribution in [2.24, 2.45) is 0 Å². The van der Waals surface area contributed by atoms with Crippen molar-refractivity contribution in [2.45, 2.75) is 30.2 Å². The van der Waals surface area contributed by atoms with Crippen LogP contribution in [0, 0.1) is 0 Å².